The number of halogens is 1. The Bertz CT molecular complexity index is 380. The average molecular weight is 272 g/mol. The highest BCUT2D eigenvalue weighted by Crippen LogP contribution is 2.25. The molecule has 0 spiro atoms. The molecule has 2 N–H and O–H groups in total. The zero-order chi connectivity index (χ0) is 13.6. The van der Waals surface area contributed by atoms with Crippen LogP contribution in [0.15, 0.2) is 18.2 Å². The van der Waals surface area contributed by atoms with Gasteiger partial charge in [-0.1, -0.05) is 31.5 Å². The molecule has 3 nitrogen and oxygen atoms in total. The van der Waals surface area contributed by atoms with E-state index in [1.807, 2.05) is 18.2 Å². The molecule has 0 aromatic heterocycles. The molecular weight excluding hydrogens is 250 g/mol. The highest BCUT2D eigenvalue weighted by molar-refractivity contribution is 6.32. The van der Waals surface area contributed by atoms with Gasteiger partial charge in [0.1, 0.15) is 5.75 Å². The summed E-state index contributed by atoms with van der Waals surface area (Å²) in [7, 11) is 1.61. The van der Waals surface area contributed by atoms with Crippen molar-refractivity contribution in [2.45, 2.75) is 26.8 Å². The molecule has 18 heavy (non-hydrogen) atoms. The van der Waals surface area contributed by atoms with Crippen molar-refractivity contribution in [3.05, 3.63) is 28.8 Å². The number of methoxy groups -OCH3 is 1. The van der Waals surface area contributed by atoms with Gasteiger partial charge >= 0.3 is 0 Å². The molecule has 1 rings (SSSR count). The van der Waals surface area contributed by atoms with Crippen molar-refractivity contribution in [1.29, 1.82) is 0 Å². The Labute approximate surface area is 114 Å². The summed E-state index contributed by atoms with van der Waals surface area (Å²) in [4.78, 5) is 0. The first kappa shape index (κ1) is 15.3. The van der Waals surface area contributed by atoms with Gasteiger partial charge in [-0.15, -0.1) is 0 Å². The van der Waals surface area contributed by atoms with Gasteiger partial charge in [0.2, 0.25) is 0 Å². The maximum absolute atomic E-state index is 8.95. The van der Waals surface area contributed by atoms with Crippen LogP contribution in [0.5, 0.6) is 5.75 Å². The highest BCUT2D eigenvalue weighted by Gasteiger charge is 2.16. The van der Waals surface area contributed by atoms with Gasteiger partial charge in [-0.3, -0.25) is 0 Å². The Balaban J connectivity index is 2.47. The van der Waals surface area contributed by atoms with E-state index in [2.05, 4.69) is 19.2 Å². The van der Waals surface area contributed by atoms with Crippen LogP contribution in [0.3, 0.4) is 0 Å². The van der Waals surface area contributed by atoms with E-state index in [4.69, 9.17) is 21.4 Å². The van der Waals surface area contributed by atoms with E-state index in [0.717, 1.165) is 25.1 Å². The van der Waals surface area contributed by atoms with Crippen LogP contribution in [-0.2, 0) is 6.54 Å². The number of aliphatic hydroxyl groups excluding tert-OH is 1. The summed E-state index contributed by atoms with van der Waals surface area (Å²) < 4.78 is 5.11. The third-order valence-corrected chi connectivity index (χ3v) is 3.23. The van der Waals surface area contributed by atoms with Crippen LogP contribution < -0.4 is 10.1 Å². The molecular formula is C14H22ClNO2. The molecule has 1 aromatic rings. The quantitative estimate of drug-likeness (QED) is 0.801. The second kappa shape index (κ2) is 6.98. The van der Waals surface area contributed by atoms with Crippen LogP contribution in [-0.4, -0.2) is 25.4 Å². The molecule has 0 unspecified atom stereocenters. The number of rotatable bonds is 7. The molecule has 0 fully saturated rings. The summed E-state index contributed by atoms with van der Waals surface area (Å²) in [6.45, 7) is 6.12. The fourth-order valence-corrected chi connectivity index (χ4v) is 2.04. The number of hydrogen-bond donors (Lipinski definition) is 2. The summed E-state index contributed by atoms with van der Waals surface area (Å²) in [6, 6.07) is 5.78. The van der Waals surface area contributed by atoms with Crippen molar-refractivity contribution in [1.82, 2.24) is 5.32 Å². The van der Waals surface area contributed by atoms with Gasteiger partial charge in [0.05, 0.1) is 12.1 Å². The molecule has 4 heteroatoms. The monoisotopic (exact) mass is 271 g/mol. The summed E-state index contributed by atoms with van der Waals surface area (Å²) in [5.74, 6) is 0.695. The molecule has 0 aliphatic rings. The van der Waals surface area contributed by atoms with Gasteiger partial charge in [-0.25, -0.2) is 0 Å². The third kappa shape index (κ3) is 4.84. The first-order valence-electron chi connectivity index (χ1n) is 6.12. The lowest BCUT2D eigenvalue weighted by Gasteiger charge is -2.24. The highest BCUT2D eigenvalue weighted by atomic mass is 35.5. The van der Waals surface area contributed by atoms with Crippen molar-refractivity contribution in [2.75, 3.05) is 20.3 Å². The fraction of sp³-hybridized carbons (Fsp3) is 0.571. The molecule has 0 saturated carbocycles. The van der Waals surface area contributed by atoms with Crippen LogP contribution in [0.4, 0.5) is 0 Å². The lowest BCUT2D eigenvalue weighted by Crippen LogP contribution is -2.29. The maximum Gasteiger partial charge on any atom is 0.137 e. The van der Waals surface area contributed by atoms with E-state index < -0.39 is 0 Å². The molecule has 1 aromatic carbocycles. The van der Waals surface area contributed by atoms with E-state index >= 15 is 0 Å². The number of ether oxygens (including phenoxy) is 1. The predicted octanol–water partition coefficient (Wildman–Crippen LogP) is 2.85. The number of hydrogen-bond acceptors (Lipinski definition) is 3. The SMILES string of the molecule is COc1ccc(CNCC(C)(C)CCO)cc1Cl. The van der Waals surface area contributed by atoms with Crippen LogP contribution in [0, 0.1) is 5.41 Å². The maximum atomic E-state index is 8.95. The molecule has 0 amide bonds. The molecule has 102 valence electrons. The van der Waals surface area contributed by atoms with Gasteiger partial charge in [0, 0.05) is 19.7 Å². The van der Waals surface area contributed by atoms with E-state index in [1.54, 1.807) is 7.11 Å². The zero-order valence-electron chi connectivity index (χ0n) is 11.3. The second-order valence-corrected chi connectivity index (χ2v) is 5.62. The smallest absolute Gasteiger partial charge is 0.137 e. The van der Waals surface area contributed by atoms with Gasteiger partial charge in [-0.2, -0.15) is 0 Å². The van der Waals surface area contributed by atoms with Crippen LogP contribution >= 0.6 is 11.6 Å². The lowest BCUT2D eigenvalue weighted by atomic mass is 9.90. The Morgan fingerprint density at radius 1 is 1.39 bits per heavy atom. The standard InChI is InChI=1S/C14H22ClNO2/c1-14(2,6-7-17)10-16-9-11-4-5-13(18-3)12(15)8-11/h4-5,8,16-17H,6-7,9-10H2,1-3H3. The summed E-state index contributed by atoms with van der Waals surface area (Å²) in [6.07, 6.45) is 0.795. The van der Waals surface area contributed by atoms with E-state index in [9.17, 15) is 0 Å². The van der Waals surface area contributed by atoms with Crippen molar-refractivity contribution < 1.29 is 9.84 Å². The van der Waals surface area contributed by atoms with Crippen LogP contribution in [0.1, 0.15) is 25.8 Å². The first-order valence-corrected chi connectivity index (χ1v) is 6.50. The van der Waals surface area contributed by atoms with Gasteiger partial charge in [0.25, 0.3) is 0 Å². The largest absolute Gasteiger partial charge is 0.495 e. The summed E-state index contributed by atoms with van der Waals surface area (Å²) in [5.41, 5.74) is 1.23. The van der Waals surface area contributed by atoms with Gasteiger partial charge in [0.15, 0.2) is 0 Å². The average Bonchev–Trinajstić information content (AvgIpc) is 2.29. The van der Waals surface area contributed by atoms with Crippen molar-refractivity contribution >= 4 is 11.6 Å². The minimum Gasteiger partial charge on any atom is -0.495 e. The normalized spacial score (nSPS) is 11.6. The van der Waals surface area contributed by atoms with Crippen molar-refractivity contribution in [2.24, 2.45) is 5.41 Å². The Morgan fingerprint density at radius 2 is 2.11 bits per heavy atom. The van der Waals surface area contributed by atoms with Gasteiger partial charge in [-0.05, 0) is 29.5 Å². The first-order chi connectivity index (χ1) is 8.48. The Morgan fingerprint density at radius 3 is 2.67 bits per heavy atom. The summed E-state index contributed by atoms with van der Waals surface area (Å²) in [5, 5.41) is 13.0. The Hall–Kier alpha value is -0.770. The minimum absolute atomic E-state index is 0.102. The van der Waals surface area contributed by atoms with E-state index in [-0.39, 0.29) is 12.0 Å². The topological polar surface area (TPSA) is 41.5 Å². The summed E-state index contributed by atoms with van der Waals surface area (Å²) >= 11 is 6.06. The molecule has 0 bridgehead atoms. The molecule has 0 aliphatic carbocycles. The van der Waals surface area contributed by atoms with Gasteiger partial charge < -0.3 is 15.2 Å². The van der Waals surface area contributed by atoms with Crippen molar-refractivity contribution in [3.63, 3.8) is 0 Å². The number of benzene rings is 1. The molecule has 0 aliphatic heterocycles. The van der Waals surface area contributed by atoms with Crippen molar-refractivity contribution in [3.8, 4) is 5.75 Å². The second-order valence-electron chi connectivity index (χ2n) is 5.21. The zero-order valence-corrected chi connectivity index (χ0v) is 12.0. The molecule has 0 heterocycles. The van der Waals surface area contributed by atoms with E-state index in [0.29, 0.717) is 10.8 Å². The molecule has 0 radical (unpaired) electrons. The van der Waals surface area contributed by atoms with Crippen LogP contribution in [0.25, 0.3) is 0 Å². The van der Waals surface area contributed by atoms with Crippen LogP contribution in [0.2, 0.25) is 5.02 Å². The predicted molar refractivity (Wildman–Crippen MR) is 75.2 cm³/mol. The minimum atomic E-state index is 0.102. The molecule has 0 saturated heterocycles. The third-order valence-electron chi connectivity index (χ3n) is 2.94. The number of aliphatic hydroxyl groups is 1. The Kier molecular flexibility index (Phi) is 5.93. The fourth-order valence-electron chi connectivity index (χ4n) is 1.76. The number of nitrogens with one attached hydrogen (secondary N) is 1. The lowest BCUT2D eigenvalue weighted by molar-refractivity contribution is 0.207. The van der Waals surface area contributed by atoms with E-state index in [1.165, 1.54) is 0 Å². The molecule has 0 atom stereocenters.